The Kier molecular flexibility index (Phi) is 4.78. The molecule has 0 saturated heterocycles. The van der Waals surface area contributed by atoms with Gasteiger partial charge in [0, 0.05) is 12.6 Å². The molecule has 8 heteroatoms. The number of hydrogen-bond donors (Lipinski definition) is 2. The van der Waals surface area contributed by atoms with Crippen LogP contribution in [0.1, 0.15) is 5.56 Å². The van der Waals surface area contributed by atoms with Crippen molar-refractivity contribution in [1.29, 1.82) is 0 Å². The summed E-state index contributed by atoms with van der Waals surface area (Å²) in [5.74, 6) is -3.88. The summed E-state index contributed by atoms with van der Waals surface area (Å²) in [4.78, 5) is 7.90. The Morgan fingerprint density at radius 3 is 2.28 bits per heavy atom. The van der Waals surface area contributed by atoms with Crippen LogP contribution in [0.25, 0.3) is 0 Å². The van der Waals surface area contributed by atoms with Gasteiger partial charge in [-0.1, -0.05) is 12.1 Å². The molecule has 128 valence electrons. The van der Waals surface area contributed by atoms with Gasteiger partial charge in [0.2, 0.25) is 0 Å². The lowest BCUT2D eigenvalue weighted by molar-refractivity contribution is 0.449. The number of nitrogens with one attached hydrogen (secondary N) is 2. The van der Waals surface area contributed by atoms with Crippen molar-refractivity contribution in [3.8, 4) is 0 Å². The molecule has 0 unspecified atom stereocenters. The van der Waals surface area contributed by atoms with Gasteiger partial charge < -0.3 is 10.6 Å². The van der Waals surface area contributed by atoms with Crippen molar-refractivity contribution in [2.24, 2.45) is 0 Å². The SMILES string of the molecule is Fc1ccc(CNc2cc(Nc3ccc(F)c(F)c3F)ncn2)cc1. The normalized spacial score (nSPS) is 10.6. The third-order valence-corrected chi connectivity index (χ3v) is 3.35. The first-order valence-corrected chi connectivity index (χ1v) is 7.24. The van der Waals surface area contributed by atoms with Crippen LogP contribution in [0, 0.1) is 23.3 Å². The van der Waals surface area contributed by atoms with E-state index < -0.39 is 17.5 Å². The van der Waals surface area contributed by atoms with Crippen molar-refractivity contribution >= 4 is 17.3 Å². The molecule has 0 aliphatic rings. The maximum Gasteiger partial charge on any atom is 0.196 e. The van der Waals surface area contributed by atoms with Crippen LogP contribution < -0.4 is 10.6 Å². The fourth-order valence-electron chi connectivity index (χ4n) is 2.08. The minimum Gasteiger partial charge on any atom is -0.366 e. The average Bonchev–Trinajstić information content (AvgIpc) is 2.62. The van der Waals surface area contributed by atoms with Crippen LogP contribution in [-0.2, 0) is 6.54 Å². The number of hydrogen-bond acceptors (Lipinski definition) is 4. The molecule has 0 radical (unpaired) electrons. The van der Waals surface area contributed by atoms with Gasteiger partial charge in [-0.25, -0.2) is 27.5 Å². The van der Waals surface area contributed by atoms with E-state index in [1.165, 1.54) is 24.5 Å². The van der Waals surface area contributed by atoms with Gasteiger partial charge in [-0.15, -0.1) is 0 Å². The minimum atomic E-state index is -1.56. The average molecular weight is 348 g/mol. The third kappa shape index (κ3) is 4.03. The van der Waals surface area contributed by atoms with Gasteiger partial charge in [0.25, 0.3) is 0 Å². The quantitative estimate of drug-likeness (QED) is 0.530. The van der Waals surface area contributed by atoms with Crippen LogP contribution in [0.15, 0.2) is 48.8 Å². The van der Waals surface area contributed by atoms with Gasteiger partial charge in [0.1, 0.15) is 23.8 Å². The minimum absolute atomic E-state index is 0.196. The molecule has 0 spiro atoms. The van der Waals surface area contributed by atoms with E-state index >= 15 is 0 Å². The number of anilines is 3. The van der Waals surface area contributed by atoms with Crippen molar-refractivity contribution in [1.82, 2.24) is 9.97 Å². The summed E-state index contributed by atoms with van der Waals surface area (Å²) >= 11 is 0. The Bertz CT molecular complexity index is 884. The first-order valence-electron chi connectivity index (χ1n) is 7.24. The lowest BCUT2D eigenvalue weighted by Gasteiger charge is -2.10. The Morgan fingerprint density at radius 1 is 0.800 bits per heavy atom. The fraction of sp³-hybridized carbons (Fsp3) is 0.0588. The van der Waals surface area contributed by atoms with Crippen molar-refractivity contribution in [2.75, 3.05) is 10.6 Å². The summed E-state index contributed by atoms with van der Waals surface area (Å²) in [5.41, 5.74) is 0.586. The third-order valence-electron chi connectivity index (χ3n) is 3.35. The van der Waals surface area contributed by atoms with E-state index in [9.17, 15) is 17.6 Å². The molecule has 0 aliphatic heterocycles. The molecule has 0 saturated carbocycles. The number of nitrogens with zero attached hydrogens (tertiary/aromatic N) is 2. The molecule has 2 N–H and O–H groups in total. The highest BCUT2D eigenvalue weighted by Crippen LogP contribution is 2.23. The second-order valence-electron chi connectivity index (χ2n) is 5.12. The van der Waals surface area contributed by atoms with E-state index in [0.717, 1.165) is 17.7 Å². The summed E-state index contributed by atoms with van der Waals surface area (Å²) in [6, 6.07) is 9.30. The number of benzene rings is 2. The van der Waals surface area contributed by atoms with Crippen molar-refractivity contribution in [3.05, 3.63) is 77.6 Å². The van der Waals surface area contributed by atoms with Gasteiger partial charge in [-0.3, -0.25) is 0 Å². The van der Waals surface area contributed by atoms with E-state index in [4.69, 9.17) is 0 Å². The molecule has 3 aromatic rings. The van der Waals surface area contributed by atoms with Crippen molar-refractivity contribution < 1.29 is 17.6 Å². The number of aromatic nitrogens is 2. The molecule has 0 aliphatic carbocycles. The maximum atomic E-state index is 13.7. The van der Waals surface area contributed by atoms with E-state index in [-0.39, 0.29) is 17.3 Å². The largest absolute Gasteiger partial charge is 0.366 e. The Hall–Kier alpha value is -3.16. The highest BCUT2D eigenvalue weighted by molar-refractivity contribution is 5.59. The van der Waals surface area contributed by atoms with Gasteiger partial charge in [-0.05, 0) is 29.8 Å². The molecule has 4 nitrogen and oxygen atoms in total. The summed E-state index contributed by atoms with van der Waals surface area (Å²) in [6.45, 7) is 0.385. The first-order chi connectivity index (χ1) is 12.0. The molecule has 0 atom stereocenters. The Balaban J connectivity index is 1.71. The second kappa shape index (κ2) is 7.16. The van der Waals surface area contributed by atoms with Gasteiger partial charge in [0.15, 0.2) is 17.5 Å². The molecule has 1 aromatic heterocycles. The van der Waals surface area contributed by atoms with Gasteiger partial charge in [-0.2, -0.15) is 0 Å². The summed E-state index contributed by atoms with van der Waals surface area (Å²) in [7, 11) is 0. The highest BCUT2D eigenvalue weighted by atomic mass is 19.2. The van der Waals surface area contributed by atoms with Crippen LogP contribution in [0.2, 0.25) is 0 Å². The summed E-state index contributed by atoms with van der Waals surface area (Å²) in [6.07, 6.45) is 1.23. The predicted molar refractivity (Wildman–Crippen MR) is 85.4 cm³/mol. The van der Waals surface area contributed by atoms with E-state index in [1.54, 1.807) is 12.1 Å². The molecule has 3 rings (SSSR count). The molecule has 0 fully saturated rings. The zero-order chi connectivity index (χ0) is 17.8. The zero-order valence-corrected chi connectivity index (χ0v) is 12.7. The summed E-state index contributed by atoms with van der Waals surface area (Å²) in [5, 5.41) is 5.56. The Morgan fingerprint density at radius 2 is 1.52 bits per heavy atom. The van der Waals surface area contributed by atoms with Crippen molar-refractivity contribution in [2.45, 2.75) is 6.54 Å². The van der Waals surface area contributed by atoms with E-state index in [2.05, 4.69) is 20.6 Å². The van der Waals surface area contributed by atoms with Crippen LogP contribution >= 0.6 is 0 Å². The lowest BCUT2D eigenvalue weighted by atomic mass is 10.2. The van der Waals surface area contributed by atoms with Gasteiger partial charge in [0.05, 0.1) is 5.69 Å². The topological polar surface area (TPSA) is 49.8 Å². The van der Waals surface area contributed by atoms with Crippen LogP contribution in [0.3, 0.4) is 0 Å². The van der Waals surface area contributed by atoms with Crippen LogP contribution in [0.4, 0.5) is 34.9 Å². The number of halogens is 4. The van der Waals surface area contributed by atoms with E-state index in [1.807, 2.05) is 0 Å². The van der Waals surface area contributed by atoms with Crippen LogP contribution in [-0.4, -0.2) is 9.97 Å². The maximum absolute atomic E-state index is 13.7. The smallest absolute Gasteiger partial charge is 0.196 e. The molecule has 0 amide bonds. The molecular formula is C17H12F4N4. The zero-order valence-electron chi connectivity index (χ0n) is 12.7. The van der Waals surface area contributed by atoms with Crippen molar-refractivity contribution in [3.63, 3.8) is 0 Å². The summed E-state index contributed by atoms with van der Waals surface area (Å²) < 4.78 is 52.7. The first kappa shape index (κ1) is 16.7. The predicted octanol–water partition coefficient (Wildman–Crippen LogP) is 4.39. The highest BCUT2D eigenvalue weighted by Gasteiger charge is 2.13. The number of rotatable bonds is 5. The fourth-order valence-corrected chi connectivity index (χ4v) is 2.08. The molecule has 0 bridgehead atoms. The lowest BCUT2D eigenvalue weighted by Crippen LogP contribution is -2.04. The molecular weight excluding hydrogens is 336 g/mol. The molecule has 25 heavy (non-hydrogen) atoms. The van der Waals surface area contributed by atoms with Gasteiger partial charge >= 0.3 is 0 Å². The van der Waals surface area contributed by atoms with Crippen LogP contribution in [0.5, 0.6) is 0 Å². The molecule has 1 heterocycles. The standard InChI is InChI=1S/C17H12F4N4/c18-11-3-1-10(2-4-11)8-22-14-7-15(24-9-23-14)25-13-6-5-12(19)16(20)17(13)21/h1-7,9H,8H2,(H2,22,23,24,25). The Labute approximate surface area is 140 Å². The monoisotopic (exact) mass is 348 g/mol. The molecule has 2 aromatic carbocycles. The van der Waals surface area contributed by atoms with E-state index in [0.29, 0.717) is 12.4 Å². The second-order valence-corrected chi connectivity index (χ2v) is 5.12.